The molecule has 2 rings (SSSR count). The SMILES string of the molecule is CCn1cc(-c2ccccc2Br)cc1C(=O)OC. The highest BCUT2D eigenvalue weighted by Crippen LogP contribution is 2.29. The van der Waals surface area contributed by atoms with Gasteiger partial charge in [-0.15, -0.1) is 0 Å². The quantitative estimate of drug-likeness (QED) is 0.809. The van der Waals surface area contributed by atoms with E-state index in [1.807, 2.05) is 48.0 Å². The maximum Gasteiger partial charge on any atom is 0.354 e. The van der Waals surface area contributed by atoms with Crippen LogP contribution in [0.3, 0.4) is 0 Å². The van der Waals surface area contributed by atoms with Crippen LogP contribution in [0, 0.1) is 0 Å². The van der Waals surface area contributed by atoms with Gasteiger partial charge in [0.2, 0.25) is 0 Å². The third-order valence-electron chi connectivity index (χ3n) is 2.82. The van der Waals surface area contributed by atoms with Crippen molar-refractivity contribution in [2.75, 3.05) is 7.11 Å². The van der Waals surface area contributed by atoms with Gasteiger partial charge in [-0.3, -0.25) is 0 Å². The first-order valence-electron chi connectivity index (χ1n) is 5.70. The van der Waals surface area contributed by atoms with Crippen LogP contribution in [-0.2, 0) is 11.3 Å². The summed E-state index contributed by atoms with van der Waals surface area (Å²) >= 11 is 3.52. The van der Waals surface area contributed by atoms with Crippen molar-refractivity contribution in [2.45, 2.75) is 13.5 Å². The molecule has 4 heteroatoms. The molecule has 2 aromatic rings. The molecule has 0 unspecified atom stereocenters. The number of esters is 1. The molecule has 0 radical (unpaired) electrons. The molecule has 0 amide bonds. The number of nitrogens with zero attached hydrogens (tertiary/aromatic N) is 1. The van der Waals surface area contributed by atoms with Crippen LogP contribution >= 0.6 is 15.9 Å². The molecule has 1 aromatic heterocycles. The second-order valence-corrected chi connectivity index (χ2v) is 4.73. The average molecular weight is 308 g/mol. The van der Waals surface area contributed by atoms with E-state index >= 15 is 0 Å². The Kier molecular flexibility index (Phi) is 3.87. The first kappa shape index (κ1) is 12.9. The van der Waals surface area contributed by atoms with Gasteiger partial charge in [0, 0.05) is 22.8 Å². The van der Waals surface area contributed by atoms with Gasteiger partial charge in [0.15, 0.2) is 0 Å². The number of rotatable bonds is 3. The molecule has 3 nitrogen and oxygen atoms in total. The zero-order chi connectivity index (χ0) is 13.1. The summed E-state index contributed by atoms with van der Waals surface area (Å²) in [6.45, 7) is 2.73. The third-order valence-corrected chi connectivity index (χ3v) is 3.51. The van der Waals surface area contributed by atoms with Crippen LogP contribution in [0.15, 0.2) is 41.0 Å². The Bertz CT molecular complexity index is 575. The van der Waals surface area contributed by atoms with Gasteiger partial charge in [0.25, 0.3) is 0 Å². The molecule has 1 aromatic carbocycles. The van der Waals surface area contributed by atoms with Gasteiger partial charge in [0.05, 0.1) is 7.11 Å². The van der Waals surface area contributed by atoms with Crippen LogP contribution in [0.5, 0.6) is 0 Å². The topological polar surface area (TPSA) is 31.2 Å². The van der Waals surface area contributed by atoms with Crippen LogP contribution in [0.4, 0.5) is 0 Å². The molecule has 0 saturated heterocycles. The summed E-state index contributed by atoms with van der Waals surface area (Å²) in [6, 6.07) is 9.79. The van der Waals surface area contributed by atoms with Gasteiger partial charge >= 0.3 is 5.97 Å². The van der Waals surface area contributed by atoms with E-state index in [9.17, 15) is 4.79 Å². The molecule has 0 bridgehead atoms. The fourth-order valence-corrected chi connectivity index (χ4v) is 2.40. The summed E-state index contributed by atoms with van der Waals surface area (Å²) < 4.78 is 7.69. The fraction of sp³-hybridized carbons (Fsp3) is 0.214. The van der Waals surface area contributed by atoms with Gasteiger partial charge in [-0.25, -0.2) is 4.79 Å². The molecule has 0 aliphatic carbocycles. The van der Waals surface area contributed by atoms with E-state index in [4.69, 9.17) is 4.74 Å². The van der Waals surface area contributed by atoms with Gasteiger partial charge in [-0.05, 0) is 24.6 Å². The molecule has 0 fully saturated rings. The van der Waals surface area contributed by atoms with Crippen molar-refractivity contribution in [1.82, 2.24) is 4.57 Å². The van der Waals surface area contributed by atoms with E-state index in [2.05, 4.69) is 15.9 Å². The highest BCUT2D eigenvalue weighted by molar-refractivity contribution is 9.10. The summed E-state index contributed by atoms with van der Waals surface area (Å²) in [5.41, 5.74) is 2.64. The summed E-state index contributed by atoms with van der Waals surface area (Å²) in [6.07, 6.45) is 1.96. The number of ether oxygens (including phenoxy) is 1. The van der Waals surface area contributed by atoms with Crippen molar-refractivity contribution < 1.29 is 9.53 Å². The van der Waals surface area contributed by atoms with Gasteiger partial charge in [-0.2, -0.15) is 0 Å². The Balaban J connectivity index is 2.51. The van der Waals surface area contributed by atoms with Crippen molar-refractivity contribution in [1.29, 1.82) is 0 Å². The Morgan fingerprint density at radius 2 is 2.11 bits per heavy atom. The number of halogens is 1. The van der Waals surface area contributed by atoms with Gasteiger partial charge in [0.1, 0.15) is 5.69 Å². The first-order valence-corrected chi connectivity index (χ1v) is 6.50. The predicted octanol–water partition coefficient (Wildman–Crippen LogP) is 3.72. The van der Waals surface area contributed by atoms with Crippen molar-refractivity contribution in [3.05, 3.63) is 46.7 Å². The Labute approximate surface area is 115 Å². The predicted molar refractivity (Wildman–Crippen MR) is 74.6 cm³/mol. The zero-order valence-electron chi connectivity index (χ0n) is 10.3. The number of methoxy groups -OCH3 is 1. The van der Waals surface area contributed by atoms with Gasteiger partial charge in [-0.1, -0.05) is 34.1 Å². The maximum atomic E-state index is 11.7. The standard InChI is InChI=1S/C14H14BrNO2/c1-3-16-9-10(8-13(16)14(17)18-2)11-6-4-5-7-12(11)15/h4-9H,3H2,1-2H3. The molecule has 0 spiro atoms. The minimum atomic E-state index is -0.310. The molecule has 18 heavy (non-hydrogen) atoms. The first-order chi connectivity index (χ1) is 8.67. The zero-order valence-corrected chi connectivity index (χ0v) is 11.9. The molecule has 0 aliphatic rings. The highest BCUT2D eigenvalue weighted by Gasteiger charge is 2.14. The number of hydrogen-bond donors (Lipinski definition) is 0. The van der Waals surface area contributed by atoms with Gasteiger partial charge < -0.3 is 9.30 Å². The second-order valence-electron chi connectivity index (χ2n) is 3.87. The molecule has 94 valence electrons. The van der Waals surface area contributed by atoms with Crippen LogP contribution < -0.4 is 0 Å². The highest BCUT2D eigenvalue weighted by atomic mass is 79.9. The molecule has 1 heterocycles. The molecular weight excluding hydrogens is 294 g/mol. The van der Waals surface area contributed by atoms with E-state index in [1.165, 1.54) is 7.11 Å². The van der Waals surface area contributed by atoms with E-state index in [0.717, 1.165) is 22.1 Å². The largest absolute Gasteiger partial charge is 0.464 e. The fourth-order valence-electron chi connectivity index (χ4n) is 1.89. The Morgan fingerprint density at radius 3 is 2.72 bits per heavy atom. The number of carbonyl (C=O) groups is 1. The molecule has 0 N–H and O–H groups in total. The van der Waals surface area contributed by atoms with Crippen LogP contribution in [-0.4, -0.2) is 17.6 Å². The summed E-state index contributed by atoms with van der Waals surface area (Å²) in [4.78, 5) is 11.7. The molecule has 0 saturated carbocycles. The minimum Gasteiger partial charge on any atom is -0.464 e. The van der Waals surface area contributed by atoms with E-state index in [0.29, 0.717) is 5.69 Å². The summed E-state index contributed by atoms with van der Waals surface area (Å²) in [5, 5.41) is 0. The lowest BCUT2D eigenvalue weighted by atomic mass is 10.1. The normalized spacial score (nSPS) is 10.4. The Hall–Kier alpha value is -1.55. The summed E-state index contributed by atoms with van der Waals surface area (Å²) in [5.74, 6) is -0.310. The molecule has 0 aliphatic heterocycles. The number of aromatic nitrogens is 1. The van der Waals surface area contributed by atoms with Crippen molar-refractivity contribution in [2.24, 2.45) is 0 Å². The third kappa shape index (κ3) is 2.34. The van der Waals surface area contributed by atoms with Crippen molar-refractivity contribution in [3.8, 4) is 11.1 Å². The van der Waals surface area contributed by atoms with E-state index in [1.54, 1.807) is 0 Å². The monoisotopic (exact) mass is 307 g/mol. The second kappa shape index (κ2) is 5.40. The minimum absolute atomic E-state index is 0.310. The average Bonchev–Trinajstić information content (AvgIpc) is 2.82. The number of carbonyl (C=O) groups excluding carboxylic acids is 1. The lowest BCUT2D eigenvalue weighted by molar-refractivity contribution is 0.0588. The lowest BCUT2D eigenvalue weighted by Gasteiger charge is -2.02. The summed E-state index contributed by atoms with van der Waals surface area (Å²) in [7, 11) is 1.40. The number of aryl methyl sites for hydroxylation is 1. The maximum absolute atomic E-state index is 11.7. The molecular formula is C14H14BrNO2. The molecule has 0 atom stereocenters. The van der Waals surface area contributed by atoms with Crippen molar-refractivity contribution >= 4 is 21.9 Å². The lowest BCUT2D eigenvalue weighted by Crippen LogP contribution is -2.08. The van der Waals surface area contributed by atoms with E-state index < -0.39 is 0 Å². The van der Waals surface area contributed by atoms with Crippen LogP contribution in [0.2, 0.25) is 0 Å². The van der Waals surface area contributed by atoms with E-state index in [-0.39, 0.29) is 5.97 Å². The smallest absolute Gasteiger partial charge is 0.354 e. The van der Waals surface area contributed by atoms with Crippen LogP contribution in [0.25, 0.3) is 11.1 Å². The van der Waals surface area contributed by atoms with Crippen LogP contribution in [0.1, 0.15) is 17.4 Å². The Morgan fingerprint density at radius 1 is 1.39 bits per heavy atom. The number of hydrogen-bond acceptors (Lipinski definition) is 2. The number of benzene rings is 1. The van der Waals surface area contributed by atoms with Crippen molar-refractivity contribution in [3.63, 3.8) is 0 Å².